The summed E-state index contributed by atoms with van der Waals surface area (Å²) in [6.07, 6.45) is 7.31. The molecule has 0 aromatic heterocycles. The Morgan fingerprint density at radius 1 is 1.03 bits per heavy atom. The van der Waals surface area contributed by atoms with E-state index in [4.69, 9.17) is 18.6 Å². The quantitative estimate of drug-likeness (QED) is 0.0988. The van der Waals surface area contributed by atoms with E-state index >= 15 is 0 Å². The van der Waals surface area contributed by atoms with Gasteiger partial charge >= 0.3 is 17.9 Å². The predicted molar refractivity (Wildman–Crippen MR) is 139 cm³/mol. The van der Waals surface area contributed by atoms with Gasteiger partial charge in [-0.2, -0.15) is 0 Å². The zero-order chi connectivity index (χ0) is 26.8. The number of hydrogen-bond acceptors (Lipinski definition) is 7. The molecule has 5 atom stereocenters. The topological polar surface area (TPSA) is 88.1 Å². The van der Waals surface area contributed by atoms with E-state index in [0.717, 1.165) is 25.7 Å². The van der Waals surface area contributed by atoms with Gasteiger partial charge in [0.25, 0.3) is 0 Å². The van der Waals surface area contributed by atoms with E-state index in [-0.39, 0.29) is 53.4 Å². The fourth-order valence-corrected chi connectivity index (χ4v) is 5.70. The Morgan fingerprint density at radius 3 is 2.20 bits per heavy atom. The summed E-state index contributed by atoms with van der Waals surface area (Å²) in [6.45, 7) is 17.9. The smallest absolute Gasteiger partial charge is 0.306 e. The molecule has 0 aromatic carbocycles. The maximum atomic E-state index is 12.6. The molecule has 1 rings (SSSR count). The summed E-state index contributed by atoms with van der Waals surface area (Å²) < 4.78 is 23.3. The van der Waals surface area contributed by atoms with Crippen molar-refractivity contribution in [1.82, 2.24) is 0 Å². The van der Waals surface area contributed by atoms with Gasteiger partial charge in [-0.05, 0) is 44.0 Å². The third-order valence-corrected chi connectivity index (χ3v) is 11.6. The Balaban J connectivity index is 3.31. The number of carbonyl (C=O) groups excluding carboxylic acids is 3. The Morgan fingerprint density at radius 2 is 1.69 bits per heavy atom. The molecule has 202 valence electrons. The summed E-state index contributed by atoms with van der Waals surface area (Å²) >= 11 is 0. The standard InChI is InChI=1S/C27H48O7Si/c1-10-12-13-14-21(32-19(3)28)15-16-22-23(17-26(30)31-11-2)25(18-24(22)33-20(4)29)34-35(8,9)27(5,6)7/h15-16,21-25H,10-14,17-18H2,1-9H3/b16-15+/t21-,22+,23+,24+,25-/m0/s1. The molecule has 1 aliphatic rings. The van der Waals surface area contributed by atoms with Crippen molar-refractivity contribution in [2.45, 2.75) is 123 Å². The van der Waals surface area contributed by atoms with Crippen molar-refractivity contribution in [3.05, 3.63) is 12.2 Å². The minimum Gasteiger partial charge on any atom is -0.466 e. The van der Waals surface area contributed by atoms with Gasteiger partial charge in [0, 0.05) is 32.1 Å². The molecule has 1 fully saturated rings. The molecule has 7 nitrogen and oxygen atoms in total. The van der Waals surface area contributed by atoms with Crippen molar-refractivity contribution in [3.63, 3.8) is 0 Å². The molecule has 0 spiro atoms. The number of hydrogen-bond donors (Lipinski definition) is 0. The van der Waals surface area contributed by atoms with Gasteiger partial charge < -0.3 is 18.6 Å². The molecule has 0 unspecified atom stereocenters. The van der Waals surface area contributed by atoms with E-state index < -0.39 is 14.4 Å². The fourth-order valence-electron chi connectivity index (χ4n) is 4.32. The van der Waals surface area contributed by atoms with E-state index in [2.05, 4.69) is 40.8 Å². The van der Waals surface area contributed by atoms with Crippen LogP contribution in [0.4, 0.5) is 0 Å². The molecule has 0 aliphatic heterocycles. The molecular weight excluding hydrogens is 464 g/mol. The van der Waals surface area contributed by atoms with Crippen molar-refractivity contribution >= 4 is 26.2 Å². The highest BCUT2D eigenvalue weighted by atomic mass is 28.4. The number of carbonyl (C=O) groups is 3. The van der Waals surface area contributed by atoms with Crippen LogP contribution in [-0.4, -0.2) is 51.1 Å². The molecule has 1 saturated carbocycles. The van der Waals surface area contributed by atoms with E-state index in [9.17, 15) is 14.4 Å². The normalized spacial score (nSPS) is 23.8. The van der Waals surface area contributed by atoms with Crippen LogP contribution in [0.3, 0.4) is 0 Å². The van der Waals surface area contributed by atoms with Gasteiger partial charge in [0.1, 0.15) is 12.2 Å². The zero-order valence-electron chi connectivity index (χ0n) is 23.3. The van der Waals surface area contributed by atoms with Gasteiger partial charge in [-0.15, -0.1) is 0 Å². The third-order valence-electron chi connectivity index (χ3n) is 7.10. The first-order chi connectivity index (χ1) is 16.2. The fraction of sp³-hybridized carbons (Fsp3) is 0.815. The summed E-state index contributed by atoms with van der Waals surface area (Å²) in [4.78, 5) is 36.2. The summed E-state index contributed by atoms with van der Waals surface area (Å²) in [5, 5.41) is -0.00790. The minimum atomic E-state index is -2.15. The van der Waals surface area contributed by atoms with Crippen LogP contribution in [0.5, 0.6) is 0 Å². The average molecular weight is 513 g/mol. The SMILES string of the molecule is CCCCC[C@@H](/C=C/[C@@H]1[C@@H](CC(=O)OCC)[C@@H](O[Si](C)(C)C(C)(C)C)C[C@H]1OC(C)=O)OC(C)=O. The first kappa shape index (κ1) is 31.4. The van der Waals surface area contributed by atoms with Crippen molar-refractivity contribution in [3.8, 4) is 0 Å². The van der Waals surface area contributed by atoms with Crippen LogP contribution in [0.1, 0.15) is 87.0 Å². The second-order valence-electron chi connectivity index (χ2n) is 11.1. The van der Waals surface area contributed by atoms with Gasteiger partial charge in [-0.25, -0.2) is 0 Å². The lowest BCUT2D eigenvalue weighted by molar-refractivity contribution is -0.147. The molecule has 35 heavy (non-hydrogen) atoms. The Kier molecular flexibility index (Phi) is 12.7. The van der Waals surface area contributed by atoms with E-state index in [1.165, 1.54) is 13.8 Å². The molecule has 0 heterocycles. The van der Waals surface area contributed by atoms with Crippen LogP contribution in [0.15, 0.2) is 12.2 Å². The summed E-state index contributed by atoms with van der Waals surface area (Å²) in [5.74, 6) is -1.44. The van der Waals surface area contributed by atoms with Gasteiger partial charge in [-0.1, -0.05) is 46.6 Å². The molecule has 0 amide bonds. The van der Waals surface area contributed by atoms with E-state index in [1.54, 1.807) is 6.92 Å². The highest BCUT2D eigenvalue weighted by Crippen LogP contribution is 2.45. The highest BCUT2D eigenvalue weighted by molar-refractivity contribution is 6.74. The monoisotopic (exact) mass is 512 g/mol. The lowest BCUT2D eigenvalue weighted by Gasteiger charge is -2.40. The number of ether oxygens (including phenoxy) is 3. The molecule has 0 saturated heterocycles. The molecule has 1 aliphatic carbocycles. The Bertz CT molecular complexity index is 726. The molecular formula is C27H48O7Si. The average Bonchev–Trinajstić information content (AvgIpc) is 2.99. The summed E-state index contributed by atoms with van der Waals surface area (Å²) in [5.41, 5.74) is 0. The van der Waals surface area contributed by atoms with Gasteiger partial charge in [0.05, 0.1) is 19.1 Å². The van der Waals surface area contributed by atoms with Crippen molar-refractivity contribution in [2.24, 2.45) is 11.8 Å². The van der Waals surface area contributed by atoms with Gasteiger partial charge in [0.2, 0.25) is 0 Å². The van der Waals surface area contributed by atoms with Crippen LogP contribution in [-0.2, 0) is 33.0 Å². The predicted octanol–water partition coefficient (Wildman–Crippen LogP) is 5.97. The molecule has 0 bridgehead atoms. The third kappa shape index (κ3) is 10.5. The summed E-state index contributed by atoms with van der Waals surface area (Å²) in [6, 6.07) is 0. The lowest BCUT2D eigenvalue weighted by Crippen LogP contribution is -2.45. The highest BCUT2D eigenvalue weighted by Gasteiger charge is 2.49. The van der Waals surface area contributed by atoms with E-state index in [1.807, 2.05) is 12.2 Å². The first-order valence-corrected chi connectivity index (χ1v) is 16.0. The molecule has 8 heteroatoms. The van der Waals surface area contributed by atoms with Crippen molar-refractivity contribution in [2.75, 3.05) is 6.61 Å². The second-order valence-corrected chi connectivity index (χ2v) is 15.8. The molecule has 0 aromatic rings. The number of unbranched alkanes of at least 4 members (excludes halogenated alkanes) is 2. The number of esters is 3. The van der Waals surface area contributed by atoms with Gasteiger partial charge in [-0.3, -0.25) is 14.4 Å². The van der Waals surface area contributed by atoms with Crippen LogP contribution in [0, 0.1) is 11.8 Å². The maximum absolute atomic E-state index is 12.6. The second kappa shape index (κ2) is 14.2. The van der Waals surface area contributed by atoms with Crippen LogP contribution in [0.2, 0.25) is 18.1 Å². The largest absolute Gasteiger partial charge is 0.466 e. The van der Waals surface area contributed by atoms with Crippen molar-refractivity contribution < 1.29 is 33.0 Å². The van der Waals surface area contributed by atoms with Crippen LogP contribution >= 0.6 is 0 Å². The minimum absolute atomic E-state index is 0.00790. The Labute approximate surface area is 213 Å². The van der Waals surface area contributed by atoms with Crippen LogP contribution in [0.25, 0.3) is 0 Å². The maximum Gasteiger partial charge on any atom is 0.306 e. The van der Waals surface area contributed by atoms with Crippen molar-refractivity contribution in [1.29, 1.82) is 0 Å². The first-order valence-electron chi connectivity index (χ1n) is 13.1. The van der Waals surface area contributed by atoms with E-state index in [0.29, 0.717) is 13.0 Å². The summed E-state index contributed by atoms with van der Waals surface area (Å²) in [7, 11) is -2.15. The lowest BCUT2D eigenvalue weighted by atomic mass is 9.89. The molecule has 0 N–H and O–H groups in total. The molecule has 0 radical (unpaired) electrons. The Hall–Kier alpha value is -1.67. The van der Waals surface area contributed by atoms with Crippen LogP contribution < -0.4 is 0 Å². The van der Waals surface area contributed by atoms with Gasteiger partial charge in [0.15, 0.2) is 8.32 Å². The zero-order valence-corrected chi connectivity index (χ0v) is 24.3. The number of rotatable bonds is 13.